The zero-order valence-electron chi connectivity index (χ0n) is 16.3. The maximum Gasteiger partial charge on any atom is 0.409 e. The zero-order valence-corrected chi connectivity index (χ0v) is 17.1. The van der Waals surface area contributed by atoms with Crippen molar-refractivity contribution in [2.75, 3.05) is 19.3 Å². The van der Waals surface area contributed by atoms with Gasteiger partial charge in [-0.25, -0.2) is 4.79 Å². The third kappa shape index (κ3) is 5.67. The number of hydrogen-bond acceptors (Lipinski definition) is 3. The molecule has 26 heavy (non-hydrogen) atoms. The summed E-state index contributed by atoms with van der Waals surface area (Å²) in [5.41, 5.74) is 1.45. The smallest absolute Gasteiger partial charge is 0.409 e. The second kappa shape index (κ2) is 9.68. The number of thioether (sulfide) groups is 1. The Bertz CT molecular complexity index is 585. The van der Waals surface area contributed by atoms with Crippen molar-refractivity contribution >= 4 is 17.9 Å². The van der Waals surface area contributed by atoms with Crippen LogP contribution in [0.3, 0.4) is 0 Å². The molecule has 1 aliphatic heterocycles. The first kappa shape index (κ1) is 19.6. The molecule has 1 saturated carbocycles. The van der Waals surface area contributed by atoms with Crippen molar-refractivity contribution in [3.05, 3.63) is 29.8 Å². The molecule has 2 atom stereocenters. The van der Waals surface area contributed by atoms with Crippen LogP contribution in [-0.4, -0.2) is 36.4 Å². The standard InChI is InChI=1S/C22H33NO2S/c1-17(14-18-8-4-3-5-9-18)12-13-19-10-6-7-11-21(19)26-16-20-15-23(2)22(24)25-20/h6-7,10-11,17-18,20H,3-5,8-9,12-16H2,1-2H3. The number of aryl methyl sites for hydroxylation is 1. The predicted octanol–water partition coefficient (Wildman–Crippen LogP) is 5.77. The first-order valence-corrected chi connectivity index (χ1v) is 11.2. The largest absolute Gasteiger partial charge is 0.443 e. The van der Waals surface area contributed by atoms with Crippen LogP contribution in [0.5, 0.6) is 0 Å². The Balaban J connectivity index is 1.46. The predicted molar refractivity (Wildman–Crippen MR) is 109 cm³/mol. The van der Waals surface area contributed by atoms with Gasteiger partial charge in [0, 0.05) is 17.7 Å². The summed E-state index contributed by atoms with van der Waals surface area (Å²) in [5, 5.41) is 0. The van der Waals surface area contributed by atoms with E-state index in [0.29, 0.717) is 6.54 Å². The van der Waals surface area contributed by atoms with E-state index in [1.807, 2.05) is 11.8 Å². The monoisotopic (exact) mass is 375 g/mol. The van der Waals surface area contributed by atoms with Crippen LogP contribution >= 0.6 is 11.8 Å². The van der Waals surface area contributed by atoms with Crippen LogP contribution in [-0.2, 0) is 11.2 Å². The van der Waals surface area contributed by atoms with Crippen LogP contribution in [0.15, 0.2) is 29.2 Å². The number of nitrogens with zero attached hydrogens (tertiary/aromatic N) is 1. The highest BCUT2D eigenvalue weighted by Crippen LogP contribution is 2.32. The molecular formula is C22H33NO2S. The van der Waals surface area contributed by atoms with Crippen LogP contribution in [0, 0.1) is 11.8 Å². The van der Waals surface area contributed by atoms with Gasteiger partial charge < -0.3 is 9.64 Å². The number of carbonyl (C=O) groups excluding carboxylic acids is 1. The molecule has 3 nitrogen and oxygen atoms in total. The average molecular weight is 376 g/mol. The summed E-state index contributed by atoms with van der Waals surface area (Å²) in [4.78, 5) is 14.5. The van der Waals surface area contributed by atoms with Crippen molar-refractivity contribution in [1.29, 1.82) is 0 Å². The van der Waals surface area contributed by atoms with Crippen LogP contribution in [0.25, 0.3) is 0 Å². The van der Waals surface area contributed by atoms with Crippen molar-refractivity contribution in [3.8, 4) is 0 Å². The zero-order chi connectivity index (χ0) is 18.4. The lowest BCUT2D eigenvalue weighted by molar-refractivity contribution is 0.142. The molecule has 1 heterocycles. The highest BCUT2D eigenvalue weighted by Gasteiger charge is 2.28. The molecule has 1 aromatic rings. The molecule has 4 heteroatoms. The molecule has 1 aromatic carbocycles. The van der Waals surface area contributed by atoms with Gasteiger partial charge in [0.2, 0.25) is 0 Å². The summed E-state index contributed by atoms with van der Waals surface area (Å²) in [6.07, 6.45) is 10.9. The fourth-order valence-electron chi connectivity index (χ4n) is 4.28. The number of ether oxygens (including phenoxy) is 1. The Morgan fingerprint density at radius 3 is 2.73 bits per heavy atom. The highest BCUT2D eigenvalue weighted by atomic mass is 32.2. The van der Waals surface area contributed by atoms with Gasteiger partial charge in [-0.3, -0.25) is 0 Å². The van der Waals surface area contributed by atoms with E-state index in [1.54, 1.807) is 11.9 Å². The van der Waals surface area contributed by atoms with Crippen molar-refractivity contribution in [2.24, 2.45) is 11.8 Å². The second-order valence-electron chi connectivity index (χ2n) is 8.19. The maximum absolute atomic E-state index is 11.5. The first-order chi connectivity index (χ1) is 12.6. The Morgan fingerprint density at radius 1 is 1.23 bits per heavy atom. The lowest BCUT2D eigenvalue weighted by atomic mass is 9.82. The van der Waals surface area contributed by atoms with E-state index in [0.717, 1.165) is 24.0 Å². The number of carbonyl (C=O) groups is 1. The van der Waals surface area contributed by atoms with Gasteiger partial charge in [-0.2, -0.15) is 0 Å². The minimum Gasteiger partial charge on any atom is -0.443 e. The summed E-state index contributed by atoms with van der Waals surface area (Å²) in [5.74, 6) is 2.61. The topological polar surface area (TPSA) is 29.5 Å². The van der Waals surface area contributed by atoms with E-state index in [-0.39, 0.29) is 12.2 Å². The molecule has 0 N–H and O–H groups in total. The number of amides is 1. The summed E-state index contributed by atoms with van der Waals surface area (Å²) < 4.78 is 5.38. The van der Waals surface area contributed by atoms with Crippen LogP contribution in [0.1, 0.15) is 57.4 Å². The van der Waals surface area contributed by atoms with Crippen LogP contribution < -0.4 is 0 Å². The van der Waals surface area contributed by atoms with Gasteiger partial charge in [0.1, 0.15) is 6.10 Å². The minimum absolute atomic E-state index is 0.00998. The van der Waals surface area contributed by atoms with Gasteiger partial charge in [0.15, 0.2) is 0 Å². The van der Waals surface area contributed by atoms with Gasteiger partial charge in [-0.1, -0.05) is 57.2 Å². The van der Waals surface area contributed by atoms with E-state index in [9.17, 15) is 4.79 Å². The number of rotatable bonds is 8. The third-order valence-corrected chi connectivity index (χ3v) is 7.07. The number of benzene rings is 1. The fourth-order valence-corrected chi connectivity index (χ4v) is 5.35. The van der Waals surface area contributed by atoms with E-state index >= 15 is 0 Å². The number of cyclic esters (lactones) is 1. The van der Waals surface area contributed by atoms with Crippen molar-refractivity contribution < 1.29 is 9.53 Å². The molecule has 2 unspecified atom stereocenters. The second-order valence-corrected chi connectivity index (χ2v) is 9.25. The van der Waals surface area contributed by atoms with Crippen molar-refractivity contribution in [1.82, 2.24) is 4.90 Å². The van der Waals surface area contributed by atoms with Gasteiger partial charge >= 0.3 is 6.09 Å². The van der Waals surface area contributed by atoms with Gasteiger partial charge in [0.25, 0.3) is 0 Å². The lowest BCUT2D eigenvalue weighted by Crippen LogP contribution is -2.20. The van der Waals surface area contributed by atoms with E-state index in [1.165, 1.54) is 55.4 Å². The van der Waals surface area contributed by atoms with Gasteiger partial charge in [0.05, 0.1) is 6.54 Å². The minimum atomic E-state index is -0.194. The van der Waals surface area contributed by atoms with E-state index in [2.05, 4.69) is 31.2 Å². The van der Waals surface area contributed by atoms with Crippen molar-refractivity contribution in [2.45, 2.75) is 69.3 Å². The molecule has 1 amide bonds. The molecule has 0 radical (unpaired) electrons. The molecule has 2 fully saturated rings. The number of hydrogen-bond donors (Lipinski definition) is 0. The summed E-state index contributed by atoms with van der Waals surface area (Å²) >= 11 is 1.83. The third-order valence-electron chi connectivity index (χ3n) is 5.82. The molecule has 1 saturated heterocycles. The molecule has 3 rings (SSSR count). The fraction of sp³-hybridized carbons (Fsp3) is 0.682. The molecule has 1 aliphatic carbocycles. The average Bonchev–Trinajstić information content (AvgIpc) is 2.97. The first-order valence-electron chi connectivity index (χ1n) is 10.2. The van der Waals surface area contributed by atoms with E-state index < -0.39 is 0 Å². The molecule has 0 spiro atoms. The molecule has 0 bridgehead atoms. The highest BCUT2D eigenvalue weighted by molar-refractivity contribution is 7.99. The van der Waals surface area contributed by atoms with Crippen molar-refractivity contribution in [3.63, 3.8) is 0 Å². The molecule has 2 aliphatic rings. The Kier molecular flexibility index (Phi) is 7.30. The van der Waals surface area contributed by atoms with Crippen LogP contribution in [0.4, 0.5) is 4.79 Å². The molecule has 0 aromatic heterocycles. The molecule has 144 valence electrons. The van der Waals surface area contributed by atoms with Gasteiger partial charge in [-0.05, 0) is 42.7 Å². The van der Waals surface area contributed by atoms with Gasteiger partial charge in [-0.15, -0.1) is 11.8 Å². The van der Waals surface area contributed by atoms with Crippen LogP contribution in [0.2, 0.25) is 0 Å². The SMILES string of the molecule is CC(CCc1ccccc1SCC1CN(C)C(=O)O1)CC1CCCCC1. The summed E-state index contributed by atoms with van der Waals surface area (Å²) in [6, 6.07) is 8.74. The quantitative estimate of drug-likeness (QED) is 0.540. The van der Waals surface area contributed by atoms with E-state index in [4.69, 9.17) is 4.74 Å². The summed E-state index contributed by atoms with van der Waals surface area (Å²) in [6.45, 7) is 3.13. The Labute approximate surface area is 162 Å². The number of likely N-dealkylation sites (N-methyl/N-ethyl adjacent to an activating group) is 1. The Morgan fingerprint density at radius 2 is 2.00 bits per heavy atom. The lowest BCUT2D eigenvalue weighted by Gasteiger charge is -2.24. The maximum atomic E-state index is 11.5. The normalized spacial score (nSPS) is 22.5. The molecular weight excluding hydrogens is 342 g/mol. The summed E-state index contributed by atoms with van der Waals surface area (Å²) in [7, 11) is 1.80. The Hall–Kier alpha value is -1.16.